The van der Waals surface area contributed by atoms with Crippen LogP contribution in [0.3, 0.4) is 0 Å². The van der Waals surface area contributed by atoms with Gasteiger partial charge in [0, 0.05) is 33.1 Å². The summed E-state index contributed by atoms with van der Waals surface area (Å²) in [5.74, 6) is 0.754. The Kier molecular flexibility index (Phi) is 8.43. The number of carbonyl (C=O) groups is 1. The first kappa shape index (κ1) is 15.9. The molecule has 0 aliphatic heterocycles. The summed E-state index contributed by atoms with van der Waals surface area (Å²) in [6.45, 7) is 9.84. The first-order valence-corrected chi connectivity index (χ1v) is 6.34. The lowest BCUT2D eigenvalue weighted by molar-refractivity contribution is -0.130. The zero-order valence-electron chi connectivity index (χ0n) is 11.6. The summed E-state index contributed by atoms with van der Waals surface area (Å²) in [6.07, 6.45) is 0.953. The maximum absolute atomic E-state index is 11.7. The van der Waals surface area contributed by atoms with Crippen LogP contribution in [0.1, 0.15) is 33.6 Å². The van der Waals surface area contributed by atoms with Crippen LogP contribution >= 0.6 is 0 Å². The van der Waals surface area contributed by atoms with Crippen molar-refractivity contribution < 1.29 is 4.79 Å². The summed E-state index contributed by atoms with van der Waals surface area (Å²) in [5, 5.41) is 8.46. The van der Waals surface area contributed by atoms with Crippen molar-refractivity contribution in [1.29, 1.82) is 5.26 Å². The van der Waals surface area contributed by atoms with Gasteiger partial charge in [0.1, 0.15) is 0 Å². The smallest absolute Gasteiger partial charge is 0.223 e. The Balaban J connectivity index is 3.91. The third kappa shape index (κ3) is 7.76. The summed E-state index contributed by atoms with van der Waals surface area (Å²) >= 11 is 0. The Morgan fingerprint density at radius 1 is 1.35 bits per heavy atom. The van der Waals surface area contributed by atoms with Gasteiger partial charge in [0.2, 0.25) is 5.91 Å². The third-order valence-corrected chi connectivity index (χ3v) is 2.70. The molecule has 4 nitrogen and oxygen atoms in total. The molecule has 17 heavy (non-hydrogen) atoms. The van der Waals surface area contributed by atoms with E-state index in [0.717, 1.165) is 19.6 Å². The highest BCUT2D eigenvalue weighted by molar-refractivity contribution is 5.76. The average molecular weight is 239 g/mol. The maximum Gasteiger partial charge on any atom is 0.223 e. The zero-order chi connectivity index (χ0) is 13.3. The van der Waals surface area contributed by atoms with Crippen molar-refractivity contribution >= 4 is 5.91 Å². The van der Waals surface area contributed by atoms with E-state index in [-0.39, 0.29) is 5.91 Å². The summed E-state index contributed by atoms with van der Waals surface area (Å²) < 4.78 is 0. The second-order valence-corrected chi connectivity index (χ2v) is 4.76. The lowest BCUT2D eigenvalue weighted by Crippen LogP contribution is -2.34. The molecule has 0 saturated heterocycles. The molecule has 0 radical (unpaired) electrons. The number of hydrogen-bond acceptors (Lipinski definition) is 3. The van der Waals surface area contributed by atoms with Gasteiger partial charge in [-0.2, -0.15) is 5.26 Å². The molecule has 0 bridgehead atoms. The molecule has 0 aromatic carbocycles. The highest BCUT2D eigenvalue weighted by Gasteiger charge is 2.11. The zero-order valence-corrected chi connectivity index (χ0v) is 11.6. The van der Waals surface area contributed by atoms with E-state index < -0.39 is 0 Å². The van der Waals surface area contributed by atoms with Gasteiger partial charge >= 0.3 is 0 Å². The van der Waals surface area contributed by atoms with Gasteiger partial charge < -0.3 is 9.80 Å². The largest absolute Gasteiger partial charge is 0.345 e. The molecule has 0 aliphatic rings. The lowest BCUT2D eigenvalue weighted by Gasteiger charge is -2.23. The Hall–Kier alpha value is -1.08. The molecule has 0 N–H and O–H groups in total. The molecule has 0 atom stereocenters. The number of nitrogens with zero attached hydrogens (tertiary/aromatic N) is 3. The Morgan fingerprint density at radius 2 is 2.00 bits per heavy atom. The summed E-state index contributed by atoms with van der Waals surface area (Å²) in [4.78, 5) is 15.7. The maximum atomic E-state index is 11.7. The van der Waals surface area contributed by atoms with Crippen LogP contribution in [0.2, 0.25) is 0 Å². The summed E-state index contributed by atoms with van der Waals surface area (Å²) in [6, 6.07) is 2.05. The minimum Gasteiger partial charge on any atom is -0.345 e. The van der Waals surface area contributed by atoms with E-state index in [1.807, 2.05) is 0 Å². The van der Waals surface area contributed by atoms with E-state index in [0.29, 0.717) is 25.3 Å². The van der Waals surface area contributed by atoms with E-state index in [2.05, 4.69) is 31.7 Å². The Labute approximate surface area is 105 Å². The normalized spacial score (nSPS) is 10.6. The number of hydrogen-bond donors (Lipinski definition) is 0. The van der Waals surface area contributed by atoms with Crippen molar-refractivity contribution in [1.82, 2.24) is 9.80 Å². The van der Waals surface area contributed by atoms with Crippen molar-refractivity contribution in [2.75, 3.05) is 33.2 Å². The molecule has 0 saturated carbocycles. The second-order valence-electron chi connectivity index (χ2n) is 4.76. The molecule has 4 heteroatoms. The number of amides is 1. The fraction of sp³-hybridized carbons (Fsp3) is 0.846. The second kappa shape index (κ2) is 9.00. The van der Waals surface area contributed by atoms with E-state index >= 15 is 0 Å². The van der Waals surface area contributed by atoms with Gasteiger partial charge in [-0.15, -0.1) is 0 Å². The molecule has 0 aliphatic carbocycles. The van der Waals surface area contributed by atoms with Gasteiger partial charge in [-0.1, -0.05) is 20.8 Å². The van der Waals surface area contributed by atoms with E-state index in [9.17, 15) is 4.79 Å². The lowest BCUT2D eigenvalue weighted by atomic mass is 10.2. The van der Waals surface area contributed by atoms with E-state index in [1.54, 1.807) is 11.9 Å². The van der Waals surface area contributed by atoms with Crippen molar-refractivity contribution in [2.24, 2.45) is 5.92 Å². The molecule has 0 aromatic heterocycles. The molecule has 0 unspecified atom stereocenters. The predicted octanol–water partition coefficient (Wildman–Crippen LogP) is 1.73. The predicted molar refractivity (Wildman–Crippen MR) is 69.4 cm³/mol. The van der Waals surface area contributed by atoms with Crippen LogP contribution in [-0.4, -0.2) is 48.9 Å². The monoisotopic (exact) mass is 239 g/mol. The molecular formula is C13H25N3O. The molecule has 0 aromatic rings. The minimum atomic E-state index is 0.127. The fourth-order valence-corrected chi connectivity index (χ4v) is 1.68. The van der Waals surface area contributed by atoms with Crippen LogP contribution in [-0.2, 0) is 4.79 Å². The molecular weight excluding hydrogens is 214 g/mol. The van der Waals surface area contributed by atoms with Crippen LogP contribution in [0.15, 0.2) is 0 Å². The van der Waals surface area contributed by atoms with Crippen LogP contribution in [0.4, 0.5) is 0 Å². The van der Waals surface area contributed by atoms with Gasteiger partial charge in [0.25, 0.3) is 0 Å². The SMILES string of the molecule is CCN(CCC(=O)N(C)CCC#N)CC(C)C. The number of carbonyl (C=O) groups excluding carboxylic acids is 1. The molecule has 0 rings (SSSR count). The van der Waals surface area contributed by atoms with Crippen LogP contribution in [0, 0.1) is 17.2 Å². The number of rotatable bonds is 8. The van der Waals surface area contributed by atoms with Gasteiger partial charge in [-0.3, -0.25) is 4.79 Å². The topological polar surface area (TPSA) is 47.3 Å². The van der Waals surface area contributed by atoms with Gasteiger partial charge in [0.15, 0.2) is 0 Å². The van der Waals surface area contributed by atoms with Crippen LogP contribution in [0.5, 0.6) is 0 Å². The highest BCUT2D eigenvalue weighted by Crippen LogP contribution is 2.01. The first-order chi connectivity index (χ1) is 8.01. The first-order valence-electron chi connectivity index (χ1n) is 6.34. The average Bonchev–Trinajstić information content (AvgIpc) is 2.30. The Morgan fingerprint density at radius 3 is 2.47 bits per heavy atom. The Bertz CT molecular complexity index is 258. The van der Waals surface area contributed by atoms with E-state index in [4.69, 9.17) is 5.26 Å². The standard InChI is InChI=1S/C13H25N3O/c1-5-16(11-12(2)3)10-7-13(17)15(4)9-6-8-14/h12H,5-7,9-11H2,1-4H3. The molecule has 0 heterocycles. The van der Waals surface area contributed by atoms with Crippen molar-refractivity contribution in [3.05, 3.63) is 0 Å². The summed E-state index contributed by atoms with van der Waals surface area (Å²) in [7, 11) is 1.76. The van der Waals surface area contributed by atoms with Crippen LogP contribution in [0.25, 0.3) is 0 Å². The quantitative estimate of drug-likeness (QED) is 0.648. The van der Waals surface area contributed by atoms with Gasteiger partial charge in [-0.05, 0) is 12.5 Å². The van der Waals surface area contributed by atoms with Crippen molar-refractivity contribution in [3.63, 3.8) is 0 Å². The molecule has 0 fully saturated rings. The summed E-state index contributed by atoms with van der Waals surface area (Å²) in [5.41, 5.74) is 0. The van der Waals surface area contributed by atoms with Crippen LogP contribution < -0.4 is 0 Å². The fourth-order valence-electron chi connectivity index (χ4n) is 1.68. The third-order valence-electron chi connectivity index (χ3n) is 2.70. The minimum absolute atomic E-state index is 0.127. The van der Waals surface area contributed by atoms with Crippen molar-refractivity contribution in [2.45, 2.75) is 33.6 Å². The van der Waals surface area contributed by atoms with Gasteiger partial charge in [-0.25, -0.2) is 0 Å². The number of nitriles is 1. The van der Waals surface area contributed by atoms with Gasteiger partial charge in [0.05, 0.1) is 12.5 Å². The molecule has 1 amide bonds. The molecule has 98 valence electrons. The molecule has 0 spiro atoms. The highest BCUT2D eigenvalue weighted by atomic mass is 16.2. The van der Waals surface area contributed by atoms with E-state index in [1.165, 1.54) is 0 Å². The van der Waals surface area contributed by atoms with Crippen molar-refractivity contribution in [3.8, 4) is 6.07 Å².